The molecule has 0 aromatic rings. The number of nitrogens with one attached hydrogen (secondary N) is 4. The third-order valence-corrected chi connectivity index (χ3v) is 23.4. The zero-order valence-corrected chi connectivity index (χ0v) is 68.9. The van der Waals surface area contributed by atoms with Crippen LogP contribution in [0.25, 0.3) is 0 Å². The predicted molar refractivity (Wildman–Crippen MR) is 393 cm³/mol. The highest BCUT2D eigenvalue weighted by Crippen LogP contribution is 2.42. The van der Waals surface area contributed by atoms with E-state index in [4.69, 9.17) is 90.0 Å². The zero-order chi connectivity index (χ0) is 95.3. The molecule has 746 valence electrons. The van der Waals surface area contributed by atoms with Crippen molar-refractivity contribution in [2.45, 2.75) is 347 Å². The van der Waals surface area contributed by atoms with Crippen LogP contribution in [0.1, 0.15) is 34.1 Å². The van der Waals surface area contributed by atoms with Crippen LogP contribution in [0.2, 0.25) is 0 Å². The SMILES string of the molecule is CC(=O)N[C@@H]1[C@@H](O)[C@H](O[C@@H]2O[C@H](CO)[C@@H](O[C@@H]3O[C@H](CO[C@H]4O[C@H](CO[C@H]5O[C@H](CO[C@@H]6O[C@H](CO)[C@@H](O[C@@H]7O[C@H](CO)[C@H](O)[C@H](O[C@]8(C(=O)O)C[C@H](O)[C@@H](NC(C)=O)[C@H]([C@H](O)[C@H](O)CO)O8)[C@H]7O)[C@H](O)[C@H]6NC(C)=O)[C@@H](O)[C@H](O)[C@@H]5O)[C@@H](O)[C@H](O[C@H]5O[C@H](CO)[C@@H](O)[C@H](O)[C@@H]5O)[C@@H]4O)[C@@H](O)[C@H](O[C@H]4O[C@H](CO)[C@@H](O)[C@H](O)[C@@H]4O)[C@@H]3O)[C@H](O)[C@H]2NC(C)=O)[C@@H](CO)O[C@H]1O. The van der Waals surface area contributed by atoms with Gasteiger partial charge in [0.05, 0.1) is 78.2 Å². The predicted octanol–water partition coefficient (Wildman–Crippen LogP) is -23.0. The Bertz CT molecular complexity index is 3550. The van der Waals surface area contributed by atoms with Crippen LogP contribution in [0, 0.1) is 0 Å². The summed E-state index contributed by atoms with van der Waals surface area (Å²) in [6.45, 7) is -7.43. The Morgan fingerprint density at radius 3 is 1.04 bits per heavy atom. The fraction of sp³-hybridized carbons (Fsp3) is 0.930. The Kier molecular flexibility index (Phi) is 38.0. The number of aliphatic hydroxyl groups is 29. The van der Waals surface area contributed by atoms with E-state index in [0.717, 1.165) is 27.7 Å². The molecule has 10 aliphatic rings. The maximum absolute atomic E-state index is 13.2. The molecule has 0 aromatic heterocycles. The van der Waals surface area contributed by atoms with E-state index in [2.05, 4.69) is 21.3 Å². The Morgan fingerprint density at radius 2 is 0.612 bits per heavy atom. The minimum absolute atomic E-state index is 0.785. The second-order valence-corrected chi connectivity index (χ2v) is 32.5. The van der Waals surface area contributed by atoms with Gasteiger partial charge in [0.2, 0.25) is 23.6 Å². The molecule has 0 aromatic carbocycles. The number of rotatable bonds is 35. The topological polar surface area (TPSA) is 916 Å². The van der Waals surface area contributed by atoms with Crippen molar-refractivity contribution >= 4 is 29.6 Å². The molecule has 4 amide bonds. The Hall–Kier alpha value is -4.57. The van der Waals surface area contributed by atoms with Gasteiger partial charge in [0, 0.05) is 34.1 Å². The summed E-state index contributed by atoms with van der Waals surface area (Å²) in [6, 6.07) is -7.15. The standard InChI is InChI=1S/C71H118N4O54/c1-16(83)72-31-20(87)5-71(70(109)110,128-57(31)35(89)21(88)6-76)129-60-39(93)24(9-79)117-69(53(60)107)125-55-26(11-81)118-62(33(43(55)97)74-18(3)85)111-13-28-38(92)47(101)48(102)64(120-28)112-14-29-40(94)58(126-66-49(103)45(99)36(90)22(7-77)115-66)51(105)65(121-29)113-15-30-41(95)59(127-67-50(104)46(100)37(91)23(8-78)116-67)52(106)68(122-30)124-56-27(12-82)119-63(34(44(56)98)75-19(4)86)123-54-25(10-80)114-61(108)32(42(54)96)73-17(2)84/h20-69,76-82,87-108H,5-15H2,1-4H3,(H,72,83)(H,73,84)(H,74,85)(H,75,86)(H,109,110)/t20-,21+,22+,23+,24+,25+,26+,27+,28+,29+,30+,31+,32+,33+,34+,35+,36+,37+,38+,39-,40+,41+,42+,43+,44+,45-,46-,47-,48-,49-,50-,51-,52-,53+,54+,55+,56+,57+,58-,59-,60-,61+,62+,63-,64-,65-,66+,67+,68-,69-,71-/m0/s1. The summed E-state index contributed by atoms with van der Waals surface area (Å²) in [5, 5.41) is 342. The third kappa shape index (κ3) is 23.6. The van der Waals surface area contributed by atoms with E-state index in [1.807, 2.05) is 0 Å². The molecule has 58 heteroatoms. The molecule has 34 N–H and O–H groups in total. The number of hydrogen-bond acceptors (Lipinski definition) is 53. The molecule has 51 atom stereocenters. The lowest BCUT2D eigenvalue weighted by molar-refractivity contribution is -0.388. The highest BCUT2D eigenvalue weighted by atomic mass is 16.8. The Labute approximate surface area is 728 Å². The van der Waals surface area contributed by atoms with Gasteiger partial charge in [0.1, 0.15) is 238 Å². The molecule has 10 aliphatic heterocycles. The van der Waals surface area contributed by atoms with E-state index in [0.29, 0.717) is 0 Å². The quantitative estimate of drug-likeness (QED) is 0.0280. The van der Waals surface area contributed by atoms with Crippen LogP contribution in [-0.2, 0) is 114 Å². The average molecular weight is 1890 g/mol. The molecule has 129 heavy (non-hydrogen) atoms. The number of aliphatic carboxylic acids is 1. The highest BCUT2D eigenvalue weighted by Gasteiger charge is 2.64. The fourth-order valence-corrected chi connectivity index (χ4v) is 16.5. The van der Waals surface area contributed by atoms with Gasteiger partial charge in [-0.2, -0.15) is 0 Å². The van der Waals surface area contributed by atoms with E-state index in [9.17, 15) is 177 Å². The molecule has 0 aliphatic carbocycles. The summed E-state index contributed by atoms with van der Waals surface area (Å²) in [5.74, 6) is -8.94. The molecule has 0 spiro atoms. The van der Waals surface area contributed by atoms with Crippen LogP contribution >= 0.6 is 0 Å². The van der Waals surface area contributed by atoms with Gasteiger partial charge in [-0.1, -0.05) is 0 Å². The smallest absolute Gasteiger partial charge is 0.364 e. The molecule has 0 unspecified atom stereocenters. The molecule has 0 saturated carbocycles. The molecular formula is C71H118N4O54. The summed E-state index contributed by atoms with van der Waals surface area (Å²) in [4.78, 5) is 63.2. The van der Waals surface area contributed by atoms with Crippen molar-refractivity contribution in [1.82, 2.24) is 21.3 Å². The van der Waals surface area contributed by atoms with Crippen molar-refractivity contribution in [3.05, 3.63) is 0 Å². The van der Waals surface area contributed by atoms with Crippen molar-refractivity contribution < 1.29 is 267 Å². The van der Waals surface area contributed by atoms with Crippen molar-refractivity contribution in [2.24, 2.45) is 0 Å². The largest absolute Gasteiger partial charge is 0.477 e. The second-order valence-electron chi connectivity index (χ2n) is 32.5. The Morgan fingerprint density at radius 1 is 0.318 bits per heavy atom. The van der Waals surface area contributed by atoms with Crippen LogP contribution in [0.4, 0.5) is 0 Å². The number of amides is 4. The van der Waals surface area contributed by atoms with Gasteiger partial charge < -0.3 is 264 Å². The van der Waals surface area contributed by atoms with Gasteiger partial charge >= 0.3 is 5.97 Å². The normalized spacial score (nSPS) is 48.1. The molecule has 0 radical (unpaired) electrons. The second kappa shape index (κ2) is 46.1. The number of ether oxygens (including phenoxy) is 19. The minimum atomic E-state index is -3.27. The molecular weight excluding hydrogens is 1770 g/mol. The lowest BCUT2D eigenvalue weighted by atomic mass is 9.88. The van der Waals surface area contributed by atoms with Crippen molar-refractivity contribution in [3.63, 3.8) is 0 Å². The van der Waals surface area contributed by atoms with E-state index in [-0.39, 0.29) is 0 Å². The zero-order valence-electron chi connectivity index (χ0n) is 68.9. The first-order valence-electron chi connectivity index (χ1n) is 40.8. The third-order valence-electron chi connectivity index (χ3n) is 23.4. The van der Waals surface area contributed by atoms with Crippen LogP contribution in [0.15, 0.2) is 0 Å². The Balaban J connectivity index is 0.874. The first kappa shape index (κ1) is 106. The van der Waals surface area contributed by atoms with Gasteiger partial charge in [0.25, 0.3) is 5.79 Å². The number of carbonyl (C=O) groups is 5. The molecule has 10 saturated heterocycles. The van der Waals surface area contributed by atoms with Crippen LogP contribution in [0.5, 0.6) is 0 Å². The van der Waals surface area contributed by atoms with Crippen LogP contribution < -0.4 is 21.3 Å². The molecule has 10 heterocycles. The first-order chi connectivity index (χ1) is 60.8. The lowest BCUT2D eigenvalue weighted by Crippen LogP contribution is -2.71. The molecule has 0 bridgehead atoms. The van der Waals surface area contributed by atoms with Gasteiger partial charge in [-0.05, 0) is 0 Å². The summed E-state index contributed by atoms with van der Waals surface area (Å²) in [7, 11) is 0. The van der Waals surface area contributed by atoms with E-state index >= 15 is 0 Å². The summed E-state index contributed by atoms with van der Waals surface area (Å²) >= 11 is 0. The van der Waals surface area contributed by atoms with E-state index in [1.165, 1.54) is 0 Å². The monoisotopic (exact) mass is 1890 g/mol. The highest BCUT2D eigenvalue weighted by molar-refractivity contribution is 5.77. The molecule has 58 nitrogen and oxygen atoms in total. The van der Waals surface area contributed by atoms with Gasteiger partial charge in [-0.25, -0.2) is 4.79 Å². The summed E-state index contributed by atoms with van der Waals surface area (Å²) < 4.78 is 111. The number of carboxylic acids is 1. The van der Waals surface area contributed by atoms with Gasteiger partial charge in [0.15, 0.2) is 56.6 Å². The van der Waals surface area contributed by atoms with Crippen molar-refractivity contribution in [2.75, 3.05) is 66.1 Å². The number of carboxylic acid groups (broad SMARTS) is 1. The number of hydrogen-bond donors (Lipinski definition) is 34. The maximum Gasteiger partial charge on any atom is 0.364 e. The van der Waals surface area contributed by atoms with Crippen LogP contribution in [0.3, 0.4) is 0 Å². The minimum Gasteiger partial charge on any atom is -0.477 e. The summed E-state index contributed by atoms with van der Waals surface area (Å²) in [6.07, 6.45) is -99.9. The van der Waals surface area contributed by atoms with E-state index in [1.54, 1.807) is 0 Å². The number of aliphatic hydroxyl groups excluding tert-OH is 29. The maximum atomic E-state index is 13.2. The summed E-state index contributed by atoms with van der Waals surface area (Å²) in [5.41, 5.74) is 0. The first-order valence-corrected chi connectivity index (χ1v) is 40.8. The van der Waals surface area contributed by atoms with Gasteiger partial charge in [-0.3, -0.25) is 19.2 Å². The van der Waals surface area contributed by atoms with Crippen LogP contribution in [-0.4, -0.2) is 561 Å². The lowest BCUT2D eigenvalue weighted by Gasteiger charge is -2.51. The van der Waals surface area contributed by atoms with Gasteiger partial charge in [-0.15, -0.1) is 0 Å². The van der Waals surface area contributed by atoms with E-state index < -0.39 is 414 Å². The molecule has 10 fully saturated rings. The number of carbonyl (C=O) groups excluding carboxylic acids is 4. The van der Waals surface area contributed by atoms with Crippen molar-refractivity contribution in [3.8, 4) is 0 Å². The molecule has 10 rings (SSSR count). The fourth-order valence-electron chi connectivity index (χ4n) is 16.5. The average Bonchev–Trinajstić information content (AvgIpc) is 0.756. The van der Waals surface area contributed by atoms with Crippen molar-refractivity contribution in [1.29, 1.82) is 0 Å².